The first-order valence-corrected chi connectivity index (χ1v) is 10.0. The summed E-state index contributed by atoms with van der Waals surface area (Å²) in [4.78, 5) is 33.6. The van der Waals surface area contributed by atoms with Crippen LogP contribution in [-0.2, 0) is 17.9 Å². The van der Waals surface area contributed by atoms with Crippen molar-refractivity contribution in [3.8, 4) is 0 Å². The van der Waals surface area contributed by atoms with Crippen LogP contribution in [0.4, 0.5) is 11.5 Å². The molecule has 0 radical (unpaired) electrons. The average molecular weight is 404 g/mol. The van der Waals surface area contributed by atoms with E-state index in [0.717, 1.165) is 5.56 Å². The number of nitrogens with zero attached hydrogens (tertiary/aromatic N) is 5. The number of benzene rings is 1. The van der Waals surface area contributed by atoms with E-state index < -0.39 is 0 Å². The van der Waals surface area contributed by atoms with Gasteiger partial charge < -0.3 is 15.1 Å². The van der Waals surface area contributed by atoms with Crippen LogP contribution < -0.4 is 10.2 Å². The summed E-state index contributed by atoms with van der Waals surface area (Å²) < 4.78 is 1.80. The third-order valence-corrected chi connectivity index (χ3v) is 5.12. The van der Waals surface area contributed by atoms with Gasteiger partial charge in [-0.15, -0.1) is 0 Å². The smallest absolute Gasteiger partial charge is 0.255 e. The fraction of sp³-hybridized carbons (Fsp3) is 0.273. The van der Waals surface area contributed by atoms with Gasteiger partial charge in [0, 0.05) is 31.7 Å². The number of amides is 2. The second kappa shape index (κ2) is 8.77. The summed E-state index contributed by atoms with van der Waals surface area (Å²) in [6.45, 7) is 4.29. The van der Waals surface area contributed by atoms with Crippen LogP contribution >= 0.6 is 0 Å². The predicted molar refractivity (Wildman–Crippen MR) is 114 cm³/mol. The zero-order valence-corrected chi connectivity index (χ0v) is 16.9. The highest BCUT2D eigenvalue weighted by molar-refractivity contribution is 6.04. The first-order valence-electron chi connectivity index (χ1n) is 10.0. The van der Waals surface area contributed by atoms with E-state index in [1.54, 1.807) is 32.9 Å². The number of fused-ring (bicyclic) bond motifs is 1. The maximum Gasteiger partial charge on any atom is 0.255 e. The average Bonchev–Trinajstić information content (AvgIpc) is 3.30. The van der Waals surface area contributed by atoms with Crippen molar-refractivity contribution in [1.82, 2.24) is 19.7 Å². The number of aromatic nitrogens is 3. The summed E-state index contributed by atoms with van der Waals surface area (Å²) in [5.41, 5.74) is 2.11. The maximum atomic E-state index is 13.1. The lowest BCUT2D eigenvalue weighted by atomic mass is 10.1. The lowest BCUT2D eigenvalue weighted by Gasteiger charge is -2.30. The molecule has 8 heteroatoms. The number of pyridine rings is 1. The van der Waals surface area contributed by atoms with Crippen molar-refractivity contribution in [1.29, 1.82) is 0 Å². The molecule has 1 N–H and O–H groups in total. The Morgan fingerprint density at radius 3 is 2.80 bits per heavy atom. The molecule has 3 heterocycles. The van der Waals surface area contributed by atoms with Gasteiger partial charge in [-0.3, -0.25) is 14.3 Å². The quantitative estimate of drug-likeness (QED) is 0.654. The molecule has 154 valence electrons. The lowest BCUT2D eigenvalue weighted by Crippen LogP contribution is -2.40. The largest absolute Gasteiger partial charge is 0.359 e. The van der Waals surface area contributed by atoms with Gasteiger partial charge in [0.1, 0.15) is 0 Å². The zero-order chi connectivity index (χ0) is 20.9. The molecule has 0 atom stereocenters. The van der Waals surface area contributed by atoms with Gasteiger partial charge in [-0.2, -0.15) is 5.10 Å². The monoisotopic (exact) mass is 404 g/mol. The summed E-state index contributed by atoms with van der Waals surface area (Å²) in [7, 11) is 0. The molecule has 0 aliphatic carbocycles. The van der Waals surface area contributed by atoms with E-state index >= 15 is 0 Å². The Morgan fingerprint density at radius 2 is 2.07 bits per heavy atom. The molecule has 1 aromatic carbocycles. The number of anilines is 2. The van der Waals surface area contributed by atoms with Gasteiger partial charge in [0.2, 0.25) is 5.91 Å². The highest BCUT2D eigenvalue weighted by Crippen LogP contribution is 2.30. The van der Waals surface area contributed by atoms with Crippen molar-refractivity contribution in [2.24, 2.45) is 0 Å². The Labute approximate surface area is 175 Å². The Bertz CT molecular complexity index is 1020. The molecule has 0 saturated carbocycles. The number of likely N-dealkylation sites (N-methyl/N-ethyl adjacent to an activating group) is 1. The first-order chi connectivity index (χ1) is 14.7. The minimum atomic E-state index is -0.113. The van der Waals surface area contributed by atoms with Gasteiger partial charge in [-0.25, -0.2) is 4.98 Å². The summed E-state index contributed by atoms with van der Waals surface area (Å²) in [6, 6.07) is 13.4. The van der Waals surface area contributed by atoms with Gasteiger partial charge >= 0.3 is 0 Å². The molecule has 0 saturated heterocycles. The summed E-state index contributed by atoms with van der Waals surface area (Å²) in [5.74, 6) is 0.447. The molecule has 1 aliphatic rings. The van der Waals surface area contributed by atoms with Gasteiger partial charge in [0.25, 0.3) is 5.91 Å². The van der Waals surface area contributed by atoms with E-state index in [-0.39, 0.29) is 18.4 Å². The molecule has 0 fully saturated rings. The number of hydrogen-bond acceptors (Lipinski definition) is 5. The third-order valence-electron chi connectivity index (χ3n) is 5.12. The minimum Gasteiger partial charge on any atom is -0.359 e. The molecule has 0 bridgehead atoms. The third kappa shape index (κ3) is 4.17. The number of carbonyl (C=O) groups excluding carboxylic acids is 2. The molecule has 0 unspecified atom stereocenters. The molecule has 2 aromatic heterocycles. The molecule has 30 heavy (non-hydrogen) atoms. The van der Waals surface area contributed by atoms with Gasteiger partial charge in [0.05, 0.1) is 30.9 Å². The summed E-state index contributed by atoms with van der Waals surface area (Å²) in [6.07, 6.45) is 5.16. The van der Waals surface area contributed by atoms with Crippen molar-refractivity contribution in [3.63, 3.8) is 0 Å². The first kappa shape index (κ1) is 19.6. The van der Waals surface area contributed by atoms with Crippen LogP contribution in [0.25, 0.3) is 0 Å². The maximum absolute atomic E-state index is 13.1. The molecule has 0 spiro atoms. The number of nitrogens with one attached hydrogen (secondary N) is 1. The second-order valence-corrected chi connectivity index (χ2v) is 7.06. The van der Waals surface area contributed by atoms with Crippen LogP contribution in [0, 0.1) is 0 Å². The van der Waals surface area contributed by atoms with Crippen molar-refractivity contribution in [2.75, 3.05) is 29.9 Å². The van der Waals surface area contributed by atoms with Crippen LogP contribution in [0.5, 0.6) is 0 Å². The van der Waals surface area contributed by atoms with E-state index in [9.17, 15) is 9.59 Å². The van der Waals surface area contributed by atoms with Crippen molar-refractivity contribution < 1.29 is 9.59 Å². The van der Waals surface area contributed by atoms with E-state index in [0.29, 0.717) is 43.2 Å². The second-order valence-electron chi connectivity index (χ2n) is 7.06. The van der Waals surface area contributed by atoms with Crippen molar-refractivity contribution in [2.45, 2.75) is 20.0 Å². The molecule has 3 aromatic rings. The number of rotatable bonds is 7. The topological polar surface area (TPSA) is 83.4 Å². The lowest BCUT2D eigenvalue weighted by molar-refractivity contribution is -0.117. The van der Waals surface area contributed by atoms with Crippen LogP contribution in [0.2, 0.25) is 0 Å². The number of hydrogen-bond donors (Lipinski definition) is 1. The standard InChI is InChI=1S/C22H24N6O2/c1-2-26(11-12-27-10-6-9-25-27)22(30)18-13-19-21(23-14-18)24-15-20(29)28(19)16-17-7-4-3-5-8-17/h3-10,13-14H,2,11-12,15-16H2,1H3,(H,23,24). The highest BCUT2D eigenvalue weighted by atomic mass is 16.2. The SMILES string of the molecule is CCN(CCn1cccn1)C(=O)c1cnc2c(c1)N(Cc1ccccc1)C(=O)CN2. The Kier molecular flexibility index (Phi) is 5.74. The van der Waals surface area contributed by atoms with E-state index in [4.69, 9.17) is 0 Å². The van der Waals surface area contributed by atoms with Crippen LogP contribution in [0.1, 0.15) is 22.8 Å². The van der Waals surface area contributed by atoms with Gasteiger partial charge in [-0.1, -0.05) is 30.3 Å². The summed E-state index contributed by atoms with van der Waals surface area (Å²) >= 11 is 0. The summed E-state index contributed by atoms with van der Waals surface area (Å²) in [5, 5.41) is 7.23. The molecule has 2 amide bonds. The molecular weight excluding hydrogens is 380 g/mol. The number of carbonyl (C=O) groups is 2. The van der Waals surface area contributed by atoms with Gasteiger partial charge in [0.15, 0.2) is 5.82 Å². The molecule has 1 aliphatic heterocycles. The highest BCUT2D eigenvalue weighted by Gasteiger charge is 2.27. The fourth-order valence-corrected chi connectivity index (χ4v) is 3.48. The van der Waals surface area contributed by atoms with Crippen molar-refractivity contribution in [3.05, 3.63) is 72.2 Å². The van der Waals surface area contributed by atoms with Crippen LogP contribution in [0.15, 0.2) is 61.1 Å². The molecule has 8 nitrogen and oxygen atoms in total. The fourth-order valence-electron chi connectivity index (χ4n) is 3.48. The van der Waals surface area contributed by atoms with Gasteiger partial charge in [-0.05, 0) is 24.6 Å². The Morgan fingerprint density at radius 1 is 1.23 bits per heavy atom. The minimum absolute atomic E-state index is 0.0521. The van der Waals surface area contributed by atoms with Crippen molar-refractivity contribution >= 4 is 23.3 Å². The molecular formula is C22H24N6O2. The van der Waals surface area contributed by atoms with E-state index in [1.807, 2.05) is 49.5 Å². The predicted octanol–water partition coefficient (Wildman–Crippen LogP) is 2.40. The normalized spacial score (nSPS) is 13.0. The Hall–Kier alpha value is -3.68. The van der Waals surface area contributed by atoms with E-state index in [1.165, 1.54) is 0 Å². The van der Waals surface area contributed by atoms with Crippen LogP contribution in [0.3, 0.4) is 0 Å². The zero-order valence-electron chi connectivity index (χ0n) is 16.9. The van der Waals surface area contributed by atoms with Crippen LogP contribution in [-0.4, -0.2) is 51.1 Å². The molecule has 4 rings (SSSR count). The van der Waals surface area contributed by atoms with E-state index in [2.05, 4.69) is 15.4 Å². The Balaban J connectivity index is 1.56.